The number of hydrogen-bond donors (Lipinski definition) is 3. The van der Waals surface area contributed by atoms with E-state index in [-0.39, 0.29) is 46.1 Å². The third-order valence-electron chi connectivity index (χ3n) is 2.45. The zero-order valence-electron chi connectivity index (χ0n) is 9.18. The molecule has 7 nitrogen and oxygen atoms in total. The van der Waals surface area contributed by atoms with Gasteiger partial charge in [-0.1, -0.05) is 6.07 Å². The van der Waals surface area contributed by atoms with Crippen LogP contribution in [0.4, 0.5) is 0 Å². The molecule has 0 saturated heterocycles. The van der Waals surface area contributed by atoms with Crippen molar-refractivity contribution in [3.8, 4) is 5.75 Å². The molecule has 0 unspecified atom stereocenters. The van der Waals surface area contributed by atoms with Crippen molar-refractivity contribution < 1.29 is 31.0 Å². The minimum atomic E-state index is -4.72. The predicted octanol–water partition coefficient (Wildman–Crippen LogP) is 0.390. The first-order valence-corrected chi connectivity index (χ1v) is 7.69. The molecule has 0 aliphatic rings. The van der Waals surface area contributed by atoms with Crippen LogP contribution in [0.1, 0.15) is 0 Å². The summed E-state index contributed by atoms with van der Waals surface area (Å²) in [7, 11) is -9.34. The van der Waals surface area contributed by atoms with Gasteiger partial charge in [0.25, 0.3) is 20.2 Å². The van der Waals surface area contributed by atoms with Crippen molar-refractivity contribution >= 4 is 60.6 Å². The van der Waals surface area contributed by atoms with Crippen LogP contribution in [-0.4, -0.2) is 60.6 Å². The van der Waals surface area contributed by atoms with Crippen molar-refractivity contribution in [1.29, 1.82) is 0 Å². The summed E-state index contributed by atoms with van der Waals surface area (Å²) in [6.07, 6.45) is 0. The Hall–Kier alpha value is -0.680. The molecule has 0 aliphatic carbocycles. The summed E-state index contributed by atoms with van der Waals surface area (Å²) in [4.78, 5) is -1.38. The van der Waals surface area contributed by atoms with Gasteiger partial charge in [0.1, 0.15) is 10.6 Å². The van der Waals surface area contributed by atoms with E-state index >= 15 is 0 Å². The van der Waals surface area contributed by atoms with Gasteiger partial charge in [-0.25, -0.2) is 0 Å². The number of benzene rings is 2. The van der Waals surface area contributed by atoms with Gasteiger partial charge in [-0.05, 0) is 29.7 Å². The van der Waals surface area contributed by atoms with Gasteiger partial charge in [0.15, 0.2) is 0 Å². The van der Waals surface area contributed by atoms with Crippen molar-refractivity contribution in [3.63, 3.8) is 0 Å². The molecule has 0 spiro atoms. The Bertz CT molecular complexity index is 872. The van der Waals surface area contributed by atoms with E-state index in [4.69, 9.17) is 9.11 Å². The first kappa shape index (κ1) is 17.4. The Morgan fingerprint density at radius 2 is 1.45 bits per heavy atom. The van der Waals surface area contributed by atoms with Crippen LogP contribution in [-0.2, 0) is 20.2 Å². The van der Waals surface area contributed by atoms with Crippen LogP contribution >= 0.6 is 0 Å². The quantitative estimate of drug-likeness (QED) is 0.537. The normalized spacial score (nSPS) is 12.1. The van der Waals surface area contributed by atoms with Crippen molar-refractivity contribution in [2.45, 2.75) is 9.79 Å². The first-order valence-electron chi connectivity index (χ1n) is 4.81. The number of phenols is 1. The first-order chi connectivity index (χ1) is 8.59. The maximum atomic E-state index is 11.2. The van der Waals surface area contributed by atoms with Gasteiger partial charge in [-0.3, -0.25) is 9.11 Å². The molecule has 3 N–H and O–H groups in total. The Morgan fingerprint density at radius 1 is 0.850 bits per heavy atom. The van der Waals surface area contributed by atoms with Gasteiger partial charge in [0, 0.05) is 5.39 Å². The molecule has 0 radical (unpaired) electrons. The summed E-state index contributed by atoms with van der Waals surface area (Å²) >= 11 is 0. The molecule has 0 amide bonds. The third kappa shape index (κ3) is 3.50. The Labute approximate surface area is 137 Å². The van der Waals surface area contributed by atoms with E-state index in [9.17, 15) is 21.9 Å². The van der Waals surface area contributed by atoms with Crippen LogP contribution in [0.15, 0.2) is 40.1 Å². The van der Waals surface area contributed by atoms with Crippen LogP contribution in [0.5, 0.6) is 5.75 Å². The van der Waals surface area contributed by atoms with E-state index in [1.807, 2.05) is 0 Å². The van der Waals surface area contributed by atoms with Crippen molar-refractivity contribution in [3.05, 3.63) is 30.3 Å². The zero-order chi connectivity index (χ0) is 14.4. The standard InChI is InChI=1S/C10H8O7S2.Na.H/c11-7-2-1-6-3-8(18(12,13)14)5-10(9(6)4-7)19(15,16)17;;/h1-5,11H,(H,12,13,14)(H,15,16,17);;. The Morgan fingerprint density at radius 3 is 1.95 bits per heavy atom. The molecule has 20 heavy (non-hydrogen) atoms. The molecule has 2 rings (SSSR count). The number of fused-ring (bicyclic) bond motifs is 1. The molecule has 2 aromatic rings. The van der Waals surface area contributed by atoms with Crippen LogP contribution < -0.4 is 0 Å². The molecule has 104 valence electrons. The van der Waals surface area contributed by atoms with Gasteiger partial charge in [0.2, 0.25) is 0 Å². The summed E-state index contributed by atoms with van der Waals surface area (Å²) in [5.74, 6) is -0.253. The SMILES string of the molecule is O=S(=O)(O)c1cc(S(=O)(=O)O)c2cc(O)ccc2c1.[NaH]. The second-order valence-electron chi connectivity index (χ2n) is 3.78. The molecule has 0 aliphatic heterocycles. The van der Waals surface area contributed by atoms with Crippen LogP contribution in [0, 0.1) is 0 Å². The molecule has 0 fully saturated rings. The van der Waals surface area contributed by atoms with E-state index < -0.39 is 30.0 Å². The molecule has 0 bridgehead atoms. The average molecular weight is 328 g/mol. The number of hydrogen-bond acceptors (Lipinski definition) is 5. The number of aromatic hydroxyl groups is 1. The van der Waals surface area contributed by atoms with E-state index in [1.54, 1.807) is 0 Å². The fraction of sp³-hybridized carbons (Fsp3) is 0. The molecule has 10 heteroatoms. The molecule has 0 aromatic heterocycles. The number of rotatable bonds is 2. The van der Waals surface area contributed by atoms with Gasteiger partial charge in [-0.15, -0.1) is 0 Å². The predicted molar refractivity (Wildman–Crippen MR) is 72.4 cm³/mol. The van der Waals surface area contributed by atoms with Gasteiger partial charge in [-0.2, -0.15) is 16.8 Å². The van der Waals surface area contributed by atoms with E-state index in [0.29, 0.717) is 6.07 Å². The number of phenolic OH excluding ortho intramolecular Hbond substituents is 1. The summed E-state index contributed by atoms with van der Waals surface area (Å²) in [5.41, 5.74) is 0. The maximum absolute atomic E-state index is 11.2. The van der Waals surface area contributed by atoms with E-state index in [0.717, 1.165) is 12.1 Å². The van der Waals surface area contributed by atoms with E-state index in [1.165, 1.54) is 12.1 Å². The van der Waals surface area contributed by atoms with Crippen molar-refractivity contribution in [2.75, 3.05) is 0 Å². The monoisotopic (exact) mass is 328 g/mol. The van der Waals surface area contributed by atoms with Crippen LogP contribution in [0.3, 0.4) is 0 Å². The van der Waals surface area contributed by atoms with E-state index in [2.05, 4.69) is 0 Å². The topological polar surface area (TPSA) is 129 Å². The zero-order valence-corrected chi connectivity index (χ0v) is 10.8. The Kier molecular flexibility index (Phi) is 4.87. The van der Waals surface area contributed by atoms with Crippen LogP contribution in [0.25, 0.3) is 10.8 Å². The molecular formula is C10H9NaO7S2. The summed E-state index contributed by atoms with van der Waals surface area (Å²) in [6, 6.07) is 5.18. The molecule has 0 saturated carbocycles. The van der Waals surface area contributed by atoms with Gasteiger partial charge >= 0.3 is 29.6 Å². The fourth-order valence-corrected chi connectivity index (χ4v) is 3.00. The second kappa shape index (κ2) is 5.60. The molecule has 0 heterocycles. The van der Waals surface area contributed by atoms with Crippen molar-refractivity contribution in [1.82, 2.24) is 0 Å². The summed E-state index contributed by atoms with van der Waals surface area (Å²) < 4.78 is 62.6. The van der Waals surface area contributed by atoms with Gasteiger partial charge in [0.05, 0.1) is 4.90 Å². The molecule has 0 atom stereocenters. The molecular weight excluding hydrogens is 319 g/mol. The van der Waals surface area contributed by atoms with Crippen molar-refractivity contribution in [2.24, 2.45) is 0 Å². The second-order valence-corrected chi connectivity index (χ2v) is 6.59. The minimum absolute atomic E-state index is 0. The molecule has 2 aromatic carbocycles. The van der Waals surface area contributed by atoms with Gasteiger partial charge < -0.3 is 5.11 Å². The average Bonchev–Trinajstić information content (AvgIpc) is 2.24. The fourth-order valence-electron chi connectivity index (χ4n) is 1.65. The summed E-state index contributed by atoms with van der Waals surface area (Å²) in [5, 5.41) is 9.37. The summed E-state index contributed by atoms with van der Waals surface area (Å²) in [6.45, 7) is 0. The third-order valence-corrected chi connectivity index (χ3v) is 4.17. The van der Waals surface area contributed by atoms with Crippen LogP contribution in [0.2, 0.25) is 0 Å². The Balaban J connectivity index is 0.00000200.